The van der Waals surface area contributed by atoms with E-state index in [1.165, 1.54) is 4.90 Å². The van der Waals surface area contributed by atoms with E-state index in [0.717, 1.165) is 5.56 Å². The van der Waals surface area contributed by atoms with Crippen LogP contribution < -0.4 is 22.1 Å². The predicted octanol–water partition coefficient (Wildman–Crippen LogP) is 0.777. The zero-order chi connectivity index (χ0) is 26.7. The Balaban J connectivity index is 2.05. The van der Waals surface area contributed by atoms with Crippen molar-refractivity contribution in [2.24, 2.45) is 17.4 Å². The van der Waals surface area contributed by atoms with Crippen LogP contribution in [0.15, 0.2) is 30.3 Å². The number of nitrogens with two attached hydrogens (primary N) is 2. The van der Waals surface area contributed by atoms with Gasteiger partial charge in [-0.05, 0) is 63.0 Å². The van der Waals surface area contributed by atoms with Crippen molar-refractivity contribution < 1.29 is 24.3 Å². The lowest BCUT2D eigenvalue weighted by atomic mass is 10.0. The third-order valence-corrected chi connectivity index (χ3v) is 6.36. The highest BCUT2D eigenvalue weighted by Crippen LogP contribution is 2.20. The van der Waals surface area contributed by atoms with Crippen LogP contribution >= 0.6 is 0 Å². The van der Waals surface area contributed by atoms with Gasteiger partial charge in [-0.3, -0.25) is 14.4 Å². The van der Waals surface area contributed by atoms with Gasteiger partial charge in [-0.15, -0.1) is 0 Å². The average Bonchev–Trinajstić information content (AvgIpc) is 3.32. The van der Waals surface area contributed by atoms with E-state index < -0.39 is 42.0 Å². The molecule has 1 aliphatic heterocycles. The highest BCUT2D eigenvalue weighted by Gasteiger charge is 2.38. The number of amides is 3. The third-order valence-electron chi connectivity index (χ3n) is 6.36. The molecule has 10 nitrogen and oxygen atoms in total. The maximum atomic E-state index is 13.2. The molecule has 0 aliphatic carbocycles. The van der Waals surface area contributed by atoms with E-state index in [9.17, 15) is 24.3 Å². The summed E-state index contributed by atoms with van der Waals surface area (Å²) in [6.45, 7) is 4.69. The topological polar surface area (TPSA) is 168 Å². The Morgan fingerprint density at radius 3 is 2.39 bits per heavy atom. The molecule has 7 N–H and O–H groups in total. The Hall–Kier alpha value is -2.98. The molecule has 0 spiro atoms. The lowest BCUT2D eigenvalue weighted by molar-refractivity contribution is -0.143. The third kappa shape index (κ3) is 8.91. The molecule has 0 radical (unpaired) electrons. The molecular weight excluding hydrogens is 462 g/mol. The molecular formula is C26H41N5O5. The predicted molar refractivity (Wildman–Crippen MR) is 137 cm³/mol. The average molecular weight is 504 g/mol. The number of nitrogens with one attached hydrogen (secondary N) is 2. The van der Waals surface area contributed by atoms with Crippen molar-refractivity contribution in [2.75, 3.05) is 13.1 Å². The Bertz CT molecular complexity index is 879. The summed E-state index contributed by atoms with van der Waals surface area (Å²) < 4.78 is 0. The zero-order valence-electron chi connectivity index (χ0n) is 21.3. The number of nitrogens with zero attached hydrogens (tertiary/aromatic N) is 1. The first-order chi connectivity index (χ1) is 17.1. The number of carboxylic acids is 1. The van der Waals surface area contributed by atoms with Crippen molar-refractivity contribution in [1.29, 1.82) is 0 Å². The molecule has 3 amide bonds. The van der Waals surface area contributed by atoms with E-state index in [2.05, 4.69) is 10.6 Å². The van der Waals surface area contributed by atoms with Crippen molar-refractivity contribution in [3.63, 3.8) is 0 Å². The molecule has 1 saturated heterocycles. The summed E-state index contributed by atoms with van der Waals surface area (Å²) in [5, 5.41) is 14.8. The SMILES string of the molecule is CC(C)CC(NC(=O)C1CCCN1C(=O)C(N)Cc1ccccc1)C(=O)NC(CCCCN)C(=O)O. The van der Waals surface area contributed by atoms with E-state index in [0.29, 0.717) is 51.6 Å². The molecule has 1 heterocycles. The first-order valence-corrected chi connectivity index (χ1v) is 12.8. The van der Waals surface area contributed by atoms with Crippen LogP contribution in [-0.2, 0) is 25.6 Å². The summed E-state index contributed by atoms with van der Waals surface area (Å²) in [6.07, 6.45) is 3.31. The van der Waals surface area contributed by atoms with E-state index in [4.69, 9.17) is 11.5 Å². The lowest BCUT2D eigenvalue weighted by Gasteiger charge is -2.29. The smallest absolute Gasteiger partial charge is 0.326 e. The number of carboxylic acid groups (broad SMARTS) is 1. The summed E-state index contributed by atoms with van der Waals surface area (Å²) in [4.78, 5) is 52.4. The van der Waals surface area contributed by atoms with E-state index in [1.807, 2.05) is 44.2 Å². The summed E-state index contributed by atoms with van der Waals surface area (Å²) in [5.41, 5.74) is 12.6. The minimum absolute atomic E-state index is 0.0715. The fourth-order valence-electron chi connectivity index (χ4n) is 4.46. The number of aliphatic carboxylic acids is 1. The van der Waals surface area contributed by atoms with Crippen molar-refractivity contribution in [3.05, 3.63) is 35.9 Å². The first kappa shape index (κ1) is 29.3. The first-order valence-electron chi connectivity index (χ1n) is 12.8. The van der Waals surface area contributed by atoms with Gasteiger partial charge in [0.25, 0.3) is 0 Å². The van der Waals surface area contributed by atoms with Crippen molar-refractivity contribution in [3.8, 4) is 0 Å². The summed E-state index contributed by atoms with van der Waals surface area (Å²) in [5.74, 6) is -2.33. The Labute approximate surface area is 213 Å². The van der Waals surface area contributed by atoms with Gasteiger partial charge in [-0.2, -0.15) is 0 Å². The van der Waals surface area contributed by atoms with E-state index in [-0.39, 0.29) is 18.2 Å². The number of rotatable bonds is 14. The van der Waals surface area contributed by atoms with Crippen LogP contribution in [0.5, 0.6) is 0 Å². The molecule has 1 aromatic rings. The standard InChI is InChI=1S/C26H41N5O5/c1-17(2)15-21(23(32)29-20(26(35)36)11-6-7-13-27)30-24(33)22-12-8-14-31(22)25(34)19(28)16-18-9-4-3-5-10-18/h3-5,9-10,17,19-22H,6-8,11-16,27-28H2,1-2H3,(H,29,32)(H,30,33)(H,35,36). The van der Waals surface area contributed by atoms with Crippen molar-refractivity contribution in [1.82, 2.24) is 15.5 Å². The number of carbonyl (C=O) groups excluding carboxylic acids is 3. The molecule has 0 aromatic heterocycles. The van der Waals surface area contributed by atoms with Crippen LogP contribution in [0.3, 0.4) is 0 Å². The molecule has 0 bridgehead atoms. The van der Waals surface area contributed by atoms with Crippen LogP contribution in [0, 0.1) is 5.92 Å². The fourth-order valence-corrected chi connectivity index (χ4v) is 4.46. The molecule has 36 heavy (non-hydrogen) atoms. The highest BCUT2D eigenvalue weighted by atomic mass is 16.4. The van der Waals surface area contributed by atoms with Crippen molar-refractivity contribution >= 4 is 23.7 Å². The van der Waals surface area contributed by atoms with Crippen LogP contribution in [-0.4, -0.2) is 71.0 Å². The second-order valence-corrected chi connectivity index (χ2v) is 9.86. The fraction of sp³-hybridized carbons (Fsp3) is 0.615. The summed E-state index contributed by atoms with van der Waals surface area (Å²) >= 11 is 0. The number of unbranched alkanes of at least 4 members (excludes halogenated alkanes) is 1. The molecule has 4 unspecified atom stereocenters. The number of hydrogen-bond donors (Lipinski definition) is 5. The molecule has 1 aliphatic rings. The van der Waals surface area contributed by atoms with E-state index >= 15 is 0 Å². The van der Waals surface area contributed by atoms with Crippen molar-refractivity contribution in [2.45, 2.75) is 83.0 Å². The quantitative estimate of drug-likeness (QED) is 0.234. The molecule has 0 saturated carbocycles. The summed E-state index contributed by atoms with van der Waals surface area (Å²) in [6, 6.07) is 5.98. The van der Waals surface area contributed by atoms with Gasteiger partial charge in [0.1, 0.15) is 18.1 Å². The van der Waals surface area contributed by atoms with Crippen LogP contribution in [0.4, 0.5) is 0 Å². The second-order valence-electron chi connectivity index (χ2n) is 9.86. The van der Waals surface area contributed by atoms with Gasteiger partial charge < -0.3 is 32.1 Å². The Kier molecular flexibility index (Phi) is 11.8. The highest BCUT2D eigenvalue weighted by molar-refractivity contribution is 5.94. The monoisotopic (exact) mass is 503 g/mol. The van der Waals surface area contributed by atoms with Gasteiger partial charge in [-0.1, -0.05) is 44.2 Å². The maximum absolute atomic E-state index is 13.2. The van der Waals surface area contributed by atoms with Gasteiger partial charge in [0.2, 0.25) is 17.7 Å². The molecule has 200 valence electrons. The Morgan fingerprint density at radius 2 is 1.78 bits per heavy atom. The molecule has 2 rings (SSSR count). The Morgan fingerprint density at radius 1 is 1.08 bits per heavy atom. The minimum Gasteiger partial charge on any atom is -0.480 e. The van der Waals surface area contributed by atoms with Gasteiger partial charge in [0.15, 0.2) is 0 Å². The number of hydrogen-bond acceptors (Lipinski definition) is 6. The minimum atomic E-state index is -1.13. The second kappa shape index (κ2) is 14.5. The number of likely N-dealkylation sites (tertiary alicyclic amines) is 1. The zero-order valence-corrected chi connectivity index (χ0v) is 21.3. The van der Waals surface area contributed by atoms with Gasteiger partial charge in [-0.25, -0.2) is 4.79 Å². The maximum Gasteiger partial charge on any atom is 0.326 e. The van der Waals surface area contributed by atoms with Crippen LogP contribution in [0.2, 0.25) is 0 Å². The van der Waals surface area contributed by atoms with Gasteiger partial charge in [0.05, 0.1) is 6.04 Å². The largest absolute Gasteiger partial charge is 0.480 e. The molecule has 4 atom stereocenters. The summed E-state index contributed by atoms with van der Waals surface area (Å²) in [7, 11) is 0. The van der Waals surface area contributed by atoms with Gasteiger partial charge in [0, 0.05) is 6.54 Å². The molecule has 10 heteroatoms. The normalized spacial score (nSPS) is 17.9. The van der Waals surface area contributed by atoms with Crippen LogP contribution in [0.25, 0.3) is 0 Å². The van der Waals surface area contributed by atoms with Crippen LogP contribution in [0.1, 0.15) is 57.9 Å². The van der Waals surface area contributed by atoms with Gasteiger partial charge >= 0.3 is 5.97 Å². The lowest BCUT2D eigenvalue weighted by Crippen LogP contribution is -2.57. The number of benzene rings is 1. The number of carbonyl (C=O) groups is 4. The molecule has 1 fully saturated rings. The molecule has 1 aromatic carbocycles. The van der Waals surface area contributed by atoms with E-state index in [1.54, 1.807) is 0 Å².